The van der Waals surface area contributed by atoms with Crippen molar-refractivity contribution in [3.05, 3.63) is 174 Å². The van der Waals surface area contributed by atoms with Crippen molar-refractivity contribution in [2.45, 2.75) is 43.5 Å². The van der Waals surface area contributed by atoms with Gasteiger partial charge in [0.2, 0.25) is 23.6 Å². The number of ether oxygens (including phenoxy) is 1. The zero-order valence-corrected chi connectivity index (χ0v) is 30.2. The number of rotatable bonds is 14. The lowest BCUT2D eigenvalue weighted by Gasteiger charge is -2.49. The lowest BCUT2D eigenvalue weighted by atomic mass is 9.81. The van der Waals surface area contributed by atoms with Crippen molar-refractivity contribution in [2.75, 3.05) is 18.0 Å². The van der Waals surface area contributed by atoms with Crippen LogP contribution in [0.3, 0.4) is 0 Å². The van der Waals surface area contributed by atoms with Crippen LogP contribution in [0.5, 0.6) is 0 Å². The number of hydrogen-bond acceptors (Lipinski definition) is 6. The smallest absolute Gasteiger partial charge is 0.329 e. The van der Waals surface area contributed by atoms with Gasteiger partial charge in [0.15, 0.2) is 6.10 Å². The summed E-state index contributed by atoms with van der Waals surface area (Å²) in [5.41, 5.74) is 4.07. The molecule has 4 atom stereocenters. The maximum Gasteiger partial charge on any atom is 0.329 e. The van der Waals surface area contributed by atoms with E-state index in [0.29, 0.717) is 0 Å². The molecule has 0 aromatic heterocycles. The van der Waals surface area contributed by atoms with Gasteiger partial charge in [-0.05, 0) is 40.8 Å². The number of likely N-dealkylation sites (tertiary alicyclic amines) is 1. The Bertz CT molecular complexity index is 2060. The van der Waals surface area contributed by atoms with Gasteiger partial charge in [-0.15, -0.1) is 0 Å². The predicted octanol–water partition coefficient (Wildman–Crippen LogP) is 5.56. The quantitative estimate of drug-likeness (QED) is 0.114. The number of nitrogens with one attached hydrogen (secondary N) is 2. The molecule has 0 unspecified atom stereocenters. The average molecular weight is 735 g/mol. The minimum Gasteiger partial charge on any atom is -0.451 e. The second-order valence-electron chi connectivity index (χ2n) is 13.8. The first-order valence-corrected chi connectivity index (χ1v) is 18.5. The standard InChI is InChI=1S/C45H42N4O6/c50-39(47-37(28-31-16-6-1-7-17-31)45(54)55-42(33-20-10-3-11-21-33)34-22-12-4-13-23-34)29-46-43(52)38-26-27-40(51)48(38)30-36-41(32-18-8-2-9-19-32)49(44(36)53)35-24-14-5-15-25-35/h1-25,36-38,41-42H,26-30H2,(H,46,52)(H,47,50)/t36-,37-,38-,41-/m0/s1. The molecule has 55 heavy (non-hydrogen) atoms. The van der Waals surface area contributed by atoms with Crippen molar-refractivity contribution >= 4 is 35.3 Å². The van der Waals surface area contributed by atoms with Crippen LogP contribution in [-0.2, 0) is 35.1 Å². The fourth-order valence-electron chi connectivity index (χ4n) is 7.44. The number of β-lactam (4-membered cyclic amide) rings is 1. The second-order valence-corrected chi connectivity index (χ2v) is 13.8. The topological polar surface area (TPSA) is 125 Å². The second kappa shape index (κ2) is 17.1. The number of benzene rings is 5. The Hall–Kier alpha value is -6.55. The van der Waals surface area contributed by atoms with Gasteiger partial charge in [0, 0.05) is 25.1 Å². The van der Waals surface area contributed by atoms with E-state index in [0.717, 1.165) is 27.9 Å². The minimum atomic E-state index is -1.06. The molecule has 2 heterocycles. The molecule has 5 aromatic rings. The number of para-hydroxylation sites is 1. The number of hydrogen-bond donors (Lipinski definition) is 2. The Kier molecular flexibility index (Phi) is 11.4. The van der Waals surface area contributed by atoms with E-state index in [-0.39, 0.29) is 43.7 Å². The summed E-state index contributed by atoms with van der Waals surface area (Å²) in [5.74, 6) is -2.62. The summed E-state index contributed by atoms with van der Waals surface area (Å²) in [6, 6.07) is 44.9. The monoisotopic (exact) mass is 734 g/mol. The normalized spacial score (nSPS) is 18.4. The first-order valence-electron chi connectivity index (χ1n) is 18.5. The van der Waals surface area contributed by atoms with E-state index in [1.807, 2.05) is 152 Å². The Balaban J connectivity index is 1.02. The maximum absolute atomic E-state index is 13.9. The fourth-order valence-corrected chi connectivity index (χ4v) is 7.44. The van der Waals surface area contributed by atoms with E-state index in [2.05, 4.69) is 10.6 Å². The van der Waals surface area contributed by atoms with Crippen LogP contribution < -0.4 is 15.5 Å². The average Bonchev–Trinajstić information content (AvgIpc) is 3.60. The van der Waals surface area contributed by atoms with Crippen molar-refractivity contribution in [3.63, 3.8) is 0 Å². The molecule has 2 aliphatic heterocycles. The molecule has 10 heteroatoms. The molecule has 4 amide bonds. The van der Waals surface area contributed by atoms with Gasteiger partial charge in [-0.3, -0.25) is 19.2 Å². The minimum absolute atomic E-state index is 0.0693. The van der Waals surface area contributed by atoms with Gasteiger partial charge in [0.05, 0.1) is 18.5 Å². The van der Waals surface area contributed by atoms with E-state index >= 15 is 0 Å². The molecule has 7 rings (SSSR count). The number of amides is 4. The Labute approximate surface area is 320 Å². The molecule has 10 nitrogen and oxygen atoms in total. The Morgan fingerprint density at radius 3 is 1.85 bits per heavy atom. The molecule has 5 aromatic carbocycles. The first kappa shape index (κ1) is 36.8. The molecule has 0 bridgehead atoms. The van der Waals surface area contributed by atoms with Gasteiger partial charge in [-0.2, -0.15) is 0 Å². The first-order chi connectivity index (χ1) is 26.9. The predicted molar refractivity (Wildman–Crippen MR) is 207 cm³/mol. The summed E-state index contributed by atoms with van der Waals surface area (Å²) in [6.45, 7) is -0.354. The third-order valence-electron chi connectivity index (χ3n) is 10.2. The summed E-state index contributed by atoms with van der Waals surface area (Å²) in [7, 11) is 0. The van der Waals surface area contributed by atoms with Gasteiger partial charge < -0.3 is 25.2 Å². The summed E-state index contributed by atoms with van der Waals surface area (Å²) in [4.78, 5) is 70.9. The van der Waals surface area contributed by atoms with Crippen LogP contribution in [0.2, 0.25) is 0 Å². The van der Waals surface area contributed by atoms with Crippen LogP contribution in [0, 0.1) is 5.92 Å². The summed E-state index contributed by atoms with van der Waals surface area (Å²) >= 11 is 0. The van der Waals surface area contributed by atoms with Crippen LogP contribution >= 0.6 is 0 Å². The van der Waals surface area contributed by atoms with E-state index in [4.69, 9.17) is 4.74 Å². The van der Waals surface area contributed by atoms with Crippen LogP contribution in [-0.4, -0.2) is 59.7 Å². The summed E-state index contributed by atoms with van der Waals surface area (Å²) in [6.07, 6.45) is -0.133. The van der Waals surface area contributed by atoms with Crippen LogP contribution in [0.15, 0.2) is 152 Å². The van der Waals surface area contributed by atoms with Crippen molar-refractivity contribution < 1.29 is 28.7 Å². The van der Waals surface area contributed by atoms with Crippen LogP contribution in [0.4, 0.5) is 5.69 Å². The van der Waals surface area contributed by atoms with E-state index in [1.54, 1.807) is 4.90 Å². The van der Waals surface area contributed by atoms with Crippen molar-refractivity contribution in [1.82, 2.24) is 15.5 Å². The third kappa shape index (κ3) is 8.49. The van der Waals surface area contributed by atoms with Crippen LogP contribution in [0.1, 0.15) is 47.2 Å². The maximum atomic E-state index is 13.9. The van der Waals surface area contributed by atoms with Crippen molar-refractivity contribution in [3.8, 4) is 0 Å². The molecule has 278 valence electrons. The Morgan fingerprint density at radius 1 is 0.709 bits per heavy atom. The largest absolute Gasteiger partial charge is 0.451 e. The zero-order valence-electron chi connectivity index (χ0n) is 30.2. The highest BCUT2D eigenvalue weighted by molar-refractivity contribution is 6.04. The molecular formula is C45H42N4O6. The lowest BCUT2D eigenvalue weighted by molar-refractivity contribution is -0.151. The lowest BCUT2D eigenvalue weighted by Crippen LogP contribution is -2.60. The number of carbonyl (C=O) groups is 5. The van der Waals surface area contributed by atoms with E-state index in [1.165, 1.54) is 4.90 Å². The molecule has 2 aliphatic rings. The van der Waals surface area contributed by atoms with E-state index in [9.17, 15) is 24.0 Å². The molecule has 2 fully saturated rings. The highest BCUT2D eigenvalue weighted by atomic mass is 16.5. The van der Waals surface area contributed by atoms with Crippen molar-refractivity contribution in [2.24, 2.45) is 5.92 Å². The van der Waals surface area contributed by atoms with Gasteiger partial charge in [-0.1, -0.05) is 140 Å². The molecule has 0 aliphatic carbocycles. The summed E-state index contributed by atoms with van der Waals surface area (Å²) < 4.78 is 6.11. The molecule has 2 saturated heterocycles. The van der Waals surface area contributed by atoms with Crippen molar-refractivity contribution in [1.29, 1.82) is 0 Å². The third-order valence-corrected chi connectivity index (χ3v) is 10.2. The highest BCUT2D eigenvalue weighted by Crippen LogP contribution is 2.44. The van der Waals surface area contributed by atoms with Crippen LogP contribution in [0.25, 0.3) is 0 Å². The highest BCUT2D eigenvalue weighted by Gasteiger charge is 2.51. The number of nitrogens with zero attached hydrogens (tertiary/aromatic N) is 2. The summed E-state index contributed by atoms with van der Waals surface area (Å²) in [5, 5.41) is 5.46. The van der Waals surface area contributed by atoms with Gasteiger partial charge in [-0.25, -0.2) is 4.79 Å². The number of anilines is 1. The number of carbonyl (C=O) groups excluding carboxylic acids is 5. The molecule has 0 spiro atoms. The molecule has 0 radical (unpaired) electrons. The molecule has 2 N–H and O–H groups in total. The SMILES string of the molecule is O=C(CNC(=O)[C@@H]1CCC(=O)N1C[C@@H]1C(=O)N(c2ccccc2)[C@H]1c1ccccc1)N[C@@H](Cc1ccccc1)C(=O)OC(c1ccccc1)c1ccccc1. The van der Waals surface area contributed by atoms with Gasteiger partial charge in [0.1, 0.15) is 12.1 Å². The molecule has 0 saturated carbocycles. The van der Waals surface area contributed by atoms with Gasteiger partial charge >= 0.3 is 5.97 Å². The van der Waals surface area contributed by atoms with Gasteiger partial charge in [0.25, 0.3) is 0 Å². The number of esters is 1. The zero-order chi connectivity index (χ0) is 38.1. The molecular weight excluding hydrogens is 693 g/mol. The Morgan fingerprint density at radius 2 is 1.25 bits per heavy atom. The van der Waals surface area contributed by atoms with E-state index < -0.39 is 48.4 Å². The fraction of sp³-hybridized carbons (Fsp3) is 0.222.